The minimum Gasteiger partial charge on any atom is -0.462 e. The molecule has 0 atom stereocenters. The Kier molecular flexibility index (Phi) is 4.08. The molecule has 0 bridgehead atoms. The molecule has 0 aliphatic heterocycles. The Morgan fingerprint density at radius 1 is 1.53 bits per heavy atom. The van der Waals surface area contributed by atoms with Crippen LogP contribution in [0.15, 0.2) is 18.2 Å². The number of esters is 1. The van der Waals surface area contributed by atoms with Crippen LogP contribution in [0.1, 0.15) is 30.1 Å². The highest BCUT2D eigenvalue weighted by Crippen LogP contribution is 2.14. The molecule has 2 aromatic rings. The van der Waals surface area contributed by atoms with Gasteiger partial charge in [0.15, 0.2) is 0 Å². The van der Waals surface area contributed by atoms with E-state index in [1.807, 2.05) is 19.1 Å². The van der Waals surface area contributed by atoms with Crippen molar-refractivity contribution in [2.24, 2.45) is 0 Å². The average molecular weight is 258 g/mol. The lowest BCUT2D eigenvalue weighted by atomic mass is 10.2. The molecule has 0 aliphatic rings. The van der Waals surface area contributed by atoms with Crippen molar-refractivity contribution < 1.29 is 9.53 Å². The molecule has 1 aromatic carbocycles. The Morgan fingerprint density at radius 3 is 3.11 bits per heavy atom. The highest BCUT2D eigenvalue weighted by atomic mass is 16.5. The number of carbonyl (C=O) groups is 1. The zero-order valence-electron chi connectivity index (χ0n) is 10.7. The number of ether oxygens (including phenoxy) is 1. The molecule has 0 aliphatic carbocycles. The Bertz CT molecular complexity index is 627. The van der Waals surface area contributed by atoms with E-state index >= 15 is 0 Å². The van der Waals surface area contributed by atoms with Gasteiger partial charge in [-0.05, 0) is 31.5 Å². The smallest absolute Gasteiger partial charge is 0.338 e. The van der Waals surface area contributed by atoms with Crippen molar-refractivity contribution in [2.45, 2.75) is 26.3 Å². The van der Waals surface area contributed by atoms with Crippen LogP contribution in [-0.4, -0.2) is 27.6 Å². The van der Waals surface area contributed by atoms with Crippen LogP contribution in [0.3, 0.4) is 0 Å². The van der Waals surface area contributed by atoms with Crippen molar-refractivity contribution in [1.29, 1.82) is 5.26 Å². The molecule has 19 heavy (non-hydrogen) atoms. The van der Waals surface area contributed by atoms with Gasteiger partial charge >= 0.3 is 5.97 Å². The Balaban J connectivity index is 2.08. The second-order valence-electron chi connectivity index (χ2n) is 4.01. The highest BCUT2D eigenvalue weighted by Gasteiger charge is 2.10. The van der Waals surface area contributed by atoms with E-state index in [1.54, 1.807) is 16.8 Å². The molecule has 0 amide bonds. The van der Waals surface area contributed by atoms with Crippen LogP contribution in [0.4, 0.5) is 0 Å². The van der Waals surface area contributed by atoms with E-state index in [2.05, 4.69) is 10.3 Å². The normalized spacial score (nSPS) is 10.3. The highest BCUT2D eigenvalue weighted by molar-refractivity contribution is 5.93. The number of hydrogen-bond acceptors (Lipinski definition) is 5. The van der Waals surface area contributed by atoms with Crippen molar-refractivity contribution in [3.05, 3.63) is 23.8 Å². The van der Waals surface area contributed by atoms with E-state index in [1.165, 1.54) is 0 Å². The number of benzene rings is 1. The molecule has 0 fully saturated rings. The first kappa shape index (κ1) is 13.0. The largest absolute Gasteiger partial charge is 0.462 e. The van der Waals surface area contributed by atoms with E-state index in [4.69, 9.17) is 10.00 Å². The summed E-state index contributed by atoms with van der Waals surface area (Å²) < 4.78 is 6.83. The molecule has 0 unspecified atom stereocenters. The Labute approximate surface area is 110 Å². The molecule has 0 saturated carbocycles. The zero-order valence-corrected chi connectivity index (χ0v) is 10.7. The Hall–Kier alpha value is -2.42. The van der Waals surface area contributed by atoms with E-state index in [0.717, 1.165) is 12.1 Å². The molecule has 0 spiro atoms. The number of fused-ring (bicyclic) bond motifs is 1. The molecule has 6 heteroatoms. The summed E-state index contributed by atoms with van der Waals surface area (Å²) in [6, 6.07) is 7.18. The number of aryl methyl sites for hydroxylation is 1. The molecule has 0 N–H and O–H groups in total. The molecule has 1 aromatic heterocycles. The first-order valence-corrected chi connectivity index (χ1v) is 6.13. The van der Waals surface area contributed by atoms with Crippen LogP contribution in [0, 0.1) is 11.3 Å². The van der Waals surface area contributed by atoms with Crippen molar-refractivity contribution in [1.82, 2.24) is 15.0 Å². The van der Waals surface area contributed by atoms with E-state index in [9.17, 15) is 4.79 Å². The van der Waals surface area contributed by atoms with Gasteiger partial charge in [-0.25, -0.2) is 9.48 Å². The van der Waals surface area contributed by atoms with E-state index < -0.39 is 5.97 Å². The van der Waals surface area contributed by atoms with Crippen molar-refractivity contribution in [3.63, 3.8) is 0 Å². The number of nitriles is 1. The summed E-state index contributed by atoms with van der Waals surface area (Å²) >= 11 is 0. The molecule has 0 radical (unpaired) electrons. The summed E-state index contributed by atoms with van der Waals surface area (Å²) in [6.07, 6.45) is 0.938. The molecular formula is C13H14N4O2. The summed E-state index contributed by atoms with van der Waals surface area (Å²) in [5.74, 6) is -0.397. The predicted molar refractivity (Wildman–Crippen MR) is 68.3 cm³/mol. The zero-order chi connectivity index (χ0) is 13.7. The molecule has 1 heterocycles. The molecule has 98 valence electrons. The topological polar surface area (TPSA) is 80.8 Å². The van der Waals surface area contributed by atoms with Gasteiger partial charge in [0.2, 0.25) is 0 Å². The quantitative estimate of drug-likeness (QED) is 0.604. The summed E-state index contributed by atoms with van der Waals surface area (Å²) in [6.45, 7) is 2.96. The molecular weight excluding hydrogens is 244 g/mol. The number of hydrogen-bond donors (Lipinski definition) is 0. The minimum absolute atomic E-state index is 0.256. The summed E-state index contributed by atoms with van der Waals surface area (Å²) in [7, 11) is 0. The van der Waals surface area contributed by atoms with Gasteiger partial charge < -0.3 is 4.74 Å². The van der Waals surface area contributed by atoms with Crippen LogP contribution in [0.25, 0.3) is 11.0 Å². The first-order valence-electron chi connectivity index (χ1n) is 6.13. The third kappa shape index (κ3) is 2.88. The Morgan fingerprint density at radius 2 is 2.37 bits per heavy atom. The molecule has 0 saturated heterocycles. The second kappa shape index (κ2) is 5.96. The van der Waals surface area contributed by atoms with Crippen molar-refractivity contribution in [3.8, 4) is 6.07 Å². The fraction of sp³-hybridized carbons (Fsp3) is 0.385. The summed E-state index contributed by atoms with van der Waals surface area (Å²) in [5, 5.41) is 16.4. The minimum atomic E-state index is -0.397. The van der Waals surface area contributed by atoms with Gasteiger partial charge in [-0.15, -0.1) is 5.10 Å². The van der Waals surface area contributed by atoms with E-state index in [0.29, 0.717) is 23.9 Å². The van der Waals surface area contributed by atoms with Gasteiger partial charge in [0.1, 0.15) is 5.52 Å². The van der Waals surface area contributed by atoms with Gasteiger partial charge in [0.05, 0.1) is 23.8 Å². The lowest BCUT2D eigenvalue weighted by molar-refractivity contribution is 0.0502. The lowest BCUT2D eigenvalue weighted by Gasteiger charge is -2.03. The van der Waals surface area contributed by atoms with E-state index in [-0.39, 0.29) is 6.61 Å². The fourth-order valence-electron chi connectivity index (χ4n) is 1.73. The number of nitrogens with zero attached hydrogens (tertiary/aromatic N) is 4. The van der Waals surface area contributed by atoms with Crippen LogP contribution >= 0.6 is 0 Å². The van der Waals surface area contributed by atoms with Gasteiger partial charge in [-0.3, -0.25) is 0 Å². The maximum absolute atomic E-state index is 11.8. The average Bonchev–Trinajstić information content (AvgIpc) is 2.85. The summed E-state index contributed by atoms with van der Waals surface area (Å²) in [4.78, 5) is 11.8. The van der Waals surface area contributed by atoms with Crippen LogP contribution < -0.4 is 0 Å². The van der Waals surface area contributed by atoms with Gasteiger partial charge in [-0.1, -0.05) is 5.21 Å². The third-order valence-electron chi connectivity index (χ3n) is 2.72. The number of rotatable bonds is 5. The summed E-state index contributed by atoms with van der Waals surface area (Å²) in [5.41, 5.74) is 2.02. The van der Waals surface area contributed by atoms with Crippen molar-refractivity contribution >= 4 is 17.0 Å². The standard InChI is InChI=1S/C13H14N4O2/c1-2-17-12-6-5-10(9-11(12)15-16-17)13(18)19-8-4-3-7-14/h5-6,9H,2-4,8H2,1H3. The fourth-order valence-corrected chi connectivity index (χ4v) is 1.73. The monoisotopic (exact) mass is 258 g/mol. The first-order chi connectivity index (χ1) is 9.26. The third-order valence-corrected chi connectivity index (χ3v) is 2.72. The SMILES string of the molecule is CCn1nnc2cc(C(=O)OCCCC#N)ccc21. The predicted octanol–water partition coefficient (Wildman–Crippen LogP) is 1.91. The van der Waals surface area contributed by atoms with Crippen LogP contribution in [-0.2, 0) is 11.3 Å². The maximum atomic E-state index is 11.8. The van der Waals surface area contributed by atoms with Crippen molar-refractivity contribution in [2.75, 3.05) is 6.61 Å². The van der Waals surface area contributed by atoms with Gasteiger partial charge in [0.25, 0.3) is 0 Å². The number of carbonyl (C=O) groups excluding carboxylic acids is 1. The molecule has 2 rings (SSSR count). The van der Waals surface area contributed by atoms with Crippen LogP contribution in [0.2, 0.25) is 0 Å². The lowest BCUT2D eigenvalue weighted by Crippen LogP contribution is -2.06. The number of unbranched alkanes of at least 4 members (excludes halogenated alkanes) is 1. The van der Waals surface area contributed by atoms with Gasteiger partial charge in [-0.2, -0.15) is 5.26 Å². The maximum Gasteiger partial charge on any atom is 0.338 e. The second-order valence-corrected chi connectivity index (χ2v) is 4.01. The number of aromatic nitrogens is 3. The van der Waals surface area contributed by atoms with Crippen LogP contribution in [0.5, 0.6) is 0 Å². The van der Waals surface area contributed by atoms with Gasteiger partial charge in [0, 0.05) is 13.0 Å². The molecule has 6 nitrogen and oxygen atoms in total.